The summed E-state index contributed by atoms with van der Waals surface area (Å²) in [5.41, 5.74) is -0.190. The quantitative estimate of drug-likeness (QED) is 0.875. The van der Waals surface area contributed by atoms with Crippen LogP contribution in [0.1, 0.15) is 51.2 Å². The topological polar surface area (TPSA) is 55.0 Å². The molecule has 0 saturated carbocycles. The van der Waals surface area contributed by atoms with Crippen LogP contribution >= 0.6 is 0 Å². The van der Waals surface area contributed by atoms with E-state index in [0.717, 1.165) is 6.42 Å². The van der Waals surface area contributed by atoms with Crippen molar-refractivity contribution < 1.29 is 14.3 Å². The van der Waals surface area contributed by atoms with Crippen LogP contribution in [0.25, 0.3) is 0 Å². The van der Waals surface area contributed by atoms with E-state index in [2.05, 4.69) is 4.99 Å². The van der Waals surface area contributed by atoms with Crippen molar-refractivity contribution in [3.8, 4) is 0 Å². The highest BCUT2D eigenvalue weighted by molar-refractivity contribution is 5.92. The molecular formula is C13H19NO3. The van der Waals surface area contributed by atoms with Crippen LogP contribution in [-0.4, -0.2) is 23.2 Å². The second kappa shape index (κ2) is 4.53. The molecule has 0 aliphatic carbocycles. The van der Waals surface area contributed by atoms with Crippen molar-refractivity contribution in [3.63, 3.8) is 0 Å². The zero-order valence-corrected chi connectivity index (χ0v) is 10.6. The van der Waals surface area contributed by atoms with E-state index in [9.17, 15) is 5.11 Å². The molecule has 0 amide bonds. The lowest BCUT2D eigenvalue weighted by Crippen LogP contribution is -2.17. The monoisotopic (exact) mass is 237 g/mol. The van der Waals surface area contributed by atoms with Gasteiger partial charge in [-0.2, -0.15) is 0 Å². The number of aliphatic hydroxyl groups excluding tert-OH is 1. The van der Waals surface area contributed by atoms with Gasteiger partial charge in [-0.05, 0) is 32.4 Å². The molecule has 1 aliphatic rings. The Hall–Kier alpha value is -1.29. The van der Waals surface area contributed by atoms with Gasteiger partial charge in [0.25, 0.3) is 5.90 Å². The fourth-order valence-corrected chi connectivity index (χ4v) is 1.77. The Morgan fingerprint density at radius 1 is 1.47 bits per heavy atom. The van der Waals surface area contributed by atoms with Gasteiger partial charge in [0.05, 0.1) is 5.54 Å². The average molecular weight is 237 g/mol. The van der Waals surface area contributed by atoms with Crippen molar-refractivity contribution in [2.75, 3.05) is 6.61 Å². The van der Waals surface area contributed by atoms with Gasteiger partial charge in [-0.1, -0.05) is 13.3 Å². The molecule has 94 valence electrons. The number of aliphatic imine (C=N–C) groups is 1. The summed E-state index contributed by atoms with van der Waals surface area (Å²) in [6.07, 6.45) is 1.08. The van der Waals surface area contributed by atoms with Gasteiger partial charge in [-0.15, -0.1) is 0 Å². The first-order chi connectivity index (χ1) is 8.02. The lowest BCUT2D eigenvalue weighted by atomic mass is 10.1. The van der Waals surface area contributed by atoms with Crippen molar-refractivity contribution in [1.82, 2.24) is 0 Å². The highest BCUT2D eigenvalue weighted by Gasteiger charge is 2.29. The van der Waals surface area contributed by atoms with Gasteiger partial charge in [-0.25, -0.2) is 4.99 Å². The van der Waals surface area contributed by atoms with Crippen molar-refractivity contribution in [2.45, 2.75) is 45.3 Å². The molecule has 0 spiro atoms. The second-order valence-corrected chi connectivity index (χ2v) is 5.02. The molecule has 0 fully saturated rings. The third-order valence-electron chi connectivity index (χ3n) is 2.69. The van der Waals surface area contributed by atoms with E-state index in [1.807, 2.05) is 20.8 Å². The van der Waals surface area contributed by atoms with Crippen LogP contribution in [0.3, 0.4) is 0 Å². The Kier molecular flexibility index (Phi) is 3.24. The highest BCUT2D eigenvalue weighted by atomic mass is 16.5. The zero-order valence-electron chi connectivity index (χ0n) is 10.6. The minimum Gasteiger partial charge on any atom is -0.473 e. The number of hydrogen-bond acceptors (Lipinski definition) is 4. The van der Waals surface area contributed by atoms with Crippen LogP contribution in [0.4, 0.5) is 0 Å². The number of rotatable bonds is 4. The number of aliphatic hydroxyl groups is 1. The molecule has 1 aliphatic heterocycles. The van der Waals surface area contributed by atoms with Crippen molar-refractivity contribution in [3.05, 3.63) is 23.7 Å². The second-order valence-electron chi connectivity index (χ2n) is 5.02. The van der Waals surface area contributed by atoms with E-state index in [1.165, 1.54) is 0 Å². The molecule has 4 heteroatoms. The molecule has 1 aromatic heterocycles. The average Bonchev–Trinajstić information content (AvgIpc) is 2.84. The summed E-state index contributed by atoms with van der Waals surface area (Å²) in [6.45, 7) is 6.61. The molecule has 4 nitrogen and oxygen atoms in total. The lowest BCUT2D eigenvalue weighted by molar-refractivity contribution is 0.138. The molecule has 2 rings (SSSR count). The van der Waals surface area contributed by atoms with Gasteiger partial charge in [0.1, 0.15) is 18.5 Å². The van der Waals surface area contributed by atoms with Gasteiger partial charge in [0, 0.05) is 0 Å². The Balaban J connectivity index is 2.14. The van der Waals surface area contributed by atoms with Crippen LogP contribution in [0, 0.1) is 0 Å². The molecular weight excluding hydrogens is 218 g/mol. The SMILES string of the molecule is CCCC(O)c1ccc(C2=NC(C)(C)CO2)o1. The number of ether oxygens (including phenoxy) is 1. The zero-order chi connectivity index (χ0) is 12.5. The molecule has 0 radical (unpaired) electrons. The van der Waals surface area contributed by atoms with Gasteiger partial charge in [0.15, 0.2) is 5.76 Å². The number of hydrogen-bond donors (Lipinski definition) is 1. The minimum atomic E-state index is -0.538. The first-order valence-corrected chi connectivity index (χ1v) is 6.02. The van der Waals surface area contributed by atoms with E-state index in [1.54, 1.807) is 12.1 Å². The summed E-state index contributed by atoms with van der Waals surface area (Å²) < 4.78 is 11.1. The van der Waals surface area contributed by atoms with Crippen LogP contribution in [0.5, 0.6) is 0 Å². The molecule has 1 unspecified atom stereocenters. The molecule has 1 N–H and O–H groups in total. The van der Waals surface area contributed by atoms with E-state index >= 15 is 0 Å². The normalized spacial score (nSPS) is 19.9. The van der Waals surface area contributed by atoms with E-state index in [-0.39, 0.29) is 5.54 Å². The Morgan fingerprint density at radius 3 is 2.82 bits per heavy atom. The van der Waals surface area contributed by atoms with Gasteiger partial charge >= 0.3 is 0 Å². The van der Waals surface area contributed by atoms with Crippen LogP contribution in [0.15, 0.2) is 21.5 Å². The Labute approximate surface area is 101 Å². The summed E-state index contributed by atoms with van der Waals surface area (Å²) in [5, 5.41) is 9.80. The smallest absolute Gasteiger partial charge is 0.253 e. The third kappa shape index (κ3) is 2.69. The van der Waals surface area contributed by atoms with Crippen molar-refractivity contribution >= 4 is 5.90 Å². The molecule has 1 atom stereocenters. The van der Waals surface area contributed by atoms with Crippen LogP contribution in [0.2, 0.25) is 0 Å². The molecule has 0 aromatic carbocycles. The largest absolute Gasteiger partial charge is 0.473 e. The maximum absolute atomic E-state index is 9.80. The molecule has 0 saturated heterocycles. The summed E-state index contributed by atoms with van der Waals surface area (Å²) in [5.74, 6) is 1.71. The fraction of sp³-hybridized carbons (Fsp3) is 0.615. The van der Waals surface area contributed by atoms with Gasteiger partial charge in [0.2, 0.25) is 0 Å². The van der Waals surface area contributed by atoms with E-state index in [4.69, 9.17) is 9.15 Å². The van der Waals surface area contributed by atoms with Crippen LogP contribution in [-0.2, 0) is 4.74 Å². The Morgan fingerprint density at radius 2 is 2.24 bits per heavy atom. The first kappa shape index (κ1) is 12.2. The third-order valence-corrected chi connectivity index (χ3v) is 2.69. The summed E-state index contributed by atoms with van der Waals surface area (Å²) in [6, 6.07) is 3.58. The molecule has 0 bridgehead atoms. The summed E-state index contributed by atoms with van der Waals surface area (Å²) in [4.78, 5) is 4.43. The van der Waals surface area contributed by atoms with E-state index in [0.29, 0.717) is 30.4 Å². The maximum atomic E-state index is 9.80. The first-order valence-electron chi connectivity index (χ1n) is 6.02. The summed E-state index contributed by atoms with van der Waals surface area (Å²) >= 11 is 0. The van der Waals surface area contributed by atoms with Gasteiger partial charge < -0.3 is 14.3 Å². The minimum absolute atomic E-state index is 0.190. The lowest BCUT2D eigenvalue weighted by Gasteiger charge is -2.07. The van der Waals surface area contributed by atoms with Crippen LogP contribution < -0.4 is 0 Å². The van der Waals surface area contributed by atoms with Gasteiger partial charge in [-0.3, -0.25) is 0 Å². The predicted molar refractivity (Wildman–Crippen MR) is 65.1 cm³/mol. The predicted octanol–water partition coefficient (Wildman–Crippen LogP) is 2.67. The standard InChI is InChI=1S/C13H19NO3/c1-4-5-9(15)10-6-7-11(17-10)12-14-13(2,3)8-16-12/h6-7,9,15H,4-5,8H2,1-3H3. The number of furan rings is 1. The molecule has 17 heavy (non-hydrogen) atoms. The fourth-order valence-electron chi connectivity index (χ4n) is 1.77. The van der Waals surface area contributed by atoms with Crippen molar-refractivity contribution in [2.24, 2.45) is 4.99 Å². The number of nitrogens with zero attached hydrogens (tertiary/aromatic N) is 1. The summed E-state index contributed by atoms with van der Waals surface area (Å²) in [7, 11) is 0. The Bertz CT molecular complexity index is 420. The highest BCUT2D eigenvalue weighted by Crippen LogP contribution is 2.25. The maximum Gasteiger partial charge on any atom is 0.253 e. The molecule has 2 heterocycles. The van der Waals surface area contributed by atoms with E-state index < -0.39 is 6.10 Å². The molecule has 1 aromatic rings. The van der Waals surface area contributed by atoms with Crippen molar-refractivity contribution in [1.29, 1.82) is 0 Å².